The molecule has 1 saturated heterocycles. The van der Waals surface area contributed by atoms with Gasteiger partial charge in [0.05, 0.1) is 21.9 Å². The van der Waals surface area contributed by atoms with Gasteiger partial charge < -0.3 is 5.32 Å². The van der Waals surface area contributed by atoms with Crippen LogP contribution in [0, 0.1) is 12.7 Å². The Hall–Kier alpha value is -1.20. The van der Waals surface area contributed by atoms with E-state index in [0.29, 0.717) is 11.6 Å². The van der Waals surface area contributed by atoms with Gasteiger partial charge in [-0.15, -0.1) is 0 Å². The molecule has 20 heavy (non-hydrogen) atoms. The first kappa shape index (κ1) is 13.8. The molecule has 1 aliphatic heterocycles. The van der Waals surface area contributed by atoms with Crippen LogP contribution in [0.15, 0.2) is 22.7 Å². The lowest BCUT2D eigenvalue weighted by atomic mass is 10.1. The number of aromatic nitrogens is 2. The summed E-state index contributed by atoms with van der Waals surface area (Å²) >= 11 is 3.67. The monoisotopic (exact) mass is 337 g/mol. The highest BCUT2D eigenvalue weighted by Crippen LogP contribution is 2.36. The van der Waals surface area contributed by atoms with Crippen LogP contribution in [0.4, 0.5) is 4.39 Å². The minimum absolute atomic E-state index is 0.176. The predicted molar refractivity (Wildman–Crippen MR) is 81.0 cm³/mol. The quantitative estimate of drug-likeness (QED) is 0.904. The number of hydrogen-bond donors (Lipinski definition) is 1. The molecule has 2 heterocycles. The molecule has 0 saturated carbocycles. The molecule has 0 spiro atoms. The predicted octanol–water partition coefficient (Wildman–Crippen LogP) is 3.72. The van der Waals surface area contributed by atoms with E-state index < -0.39 is 0 Å². The van der Waals surface area contributed by atoms with Crippen molar-refractivity contribution in [2.45, 2.75) is 25.8 Å². The van der Waals surface area contributed by atoms with Crippen molar-refractivity contribution in [2.24, 2.45) is 7.05 Å². The van der Waals surface area contributed by atoms with Gasteiger partial charge in [-0.25, -0.2) is 4.39 Å². The number of aryl methyl sites for hydroxylation is 2. The van der Waals surface area contributed by atoms with Crippen LogP contribution in [-0.2, 0) is 7.05 Å². The van der Waals surface area contributed by atoms with E-state index in [2.05, 4.69) is 26.3 Å². The fourth-order valence-electron chi connectivity index (χ4n) is 2.77. The van der Waals surface area contributed by atoms with Gasteiger partial charge in [-0.3, -0.25) is 4.68 Å². The van der Waals surface area contributed by atoms with E-state index in [0.717, 1.165) is 34.4 Å². The summed E-state index contributed by atoms with van der Waals surface area (Å²) in [7, 11) is 1.93. The second-order valence-electron chi connectivity index (χ2n) is 5.28. The highest BCUT2D eigenvalue weighted by Gasteiger charge is 2.25. The van der Waals surface area contributed by atoms with Crippen LogP contribution >= 0.6 is 15.9 Å². The van der Waals surface area contributed by atoms with E-state index in [-0.39, 0.29) is 5.82 Å². The summed E-state index contributed by atoms with van der Waals surface area (Å²) in [6.07, 6.45) is 2.29. The van der Waals surface area contributed by atoms with Gasteiger partial charge in [0.15, 0.2) is 0 Å². The average Bonchev–Trinajstić information content (AvgIpc) is 3.02. The highest BCUT2D eigenvalue weighted by atomic mass is 79.9. The molecule has 1 aliphatic rings. The van der Waals surface area contributed by atoms with Crippen molar-refractivity contribution in [1.82, 2.24) is 15.1 Å². The molecule has 0 aliphatic carbocycles. The van der Waals surface area contributed by atoms with Crippen LogP contribution in [0.3, 0.4) is 0 Å². The summed E-state index contributed by atoms with van der Waals surface area (Å²) in [5.74, 6) is -0.176. The molecule has 1 atom stereocenters. The largest absolute Gasteiger partial charge is 0.309 e. The van der Waals surface area contributed by atoms with E-state index >= 15 is 0 Å². The zero-order valence-corrected chi connectivity index (χ0v) is 13.2. The normalized spacial score (nSPS) is 18.7. The van der Waals surface area contributed by atoms with Crippen molar-refractivity contribution < 1.29 is 4.39 Å². The van der Waals surface area contributed by atoms with Gasteiger partial charge in [0.25, 0.3) is 0 Å². The number of rotatable bonds is 2. The summed E-state index contributed by atoms with van der Waals surface area (Å²) in [6, 6.07) is 5.49. The van der Waals surface area contributed by atoms with Crippen LogP contribution in [0.25, 0.3) is 11.3 Å². The third-order valence-electron chi connectivity index (χ3n) is 3.84. The zero-order valence-electron chi connectivity index (χ0n) is 11.6. The smallest absolute Gasteiger partial charge is 0.126 e. The lowest BCUT2D eigenvalue weighted by molar-refractivity contribution is 0.605. The fourth-order valence-corrected chi connectivity index (χ4v) is 3.61. The molecule has 3 rings (SSSR count). The van der Waals surface area contributed by atoms with Crippen molar-refractivity contribution >= 4 is 15.9 Å². The first-order chi connectivity index (χ1) is 9.58. The number of nitrogens with zero attached hydrogens (tertiary/aromatic N) is 2. The second-order valence-corrected chi connectivity index (χ2v) is 6.08. The SMILES string of the molecule is Cc1cc(-c2c(Br)c(C3CCCN3)nn2C)ccc1F. The van der Waals surface area contributed by atoms with Crippen molar-refractivity contribution in [2.75, 3.05) is 6.54 Å². The minimum Gasteiger partial charge on any atom is -0.309 e. The van der Waals surface area contributed by atoms with Crippen LogP contribution in [0.1, 0.15) is 30.1 Å². The first-order valence-electron chi connectivity index (χ1n) is 6.80. The maximum atomic E-state index is 13.4. The first-order valence-corrected chi connectivity index (χ1v) is 7.59. The van der Waals surface area contributed by atoms with Gasteiger partial charge >= 0.3 is 0 Å². The van der Waals surface area contributed by atoms with Gasteiger partial charge in [0, 0.05) is 12.6 Å². The van der Waals surface area contributed by atoms with Crippen LogP contribution in [-0.4, -0.2) is 16.3 Å². The Morgan fingerprint density at radius 2 is 2.25 bits per heavy atom. The maximum absolute atomic E-state index is 13.4. The molecule has 1 aromatic heterocycles. The summed E-state index contributed by atoms with van der Waals surface area (Å²) in [4.78, 5) is 0. The Bertz CT molecular complexity index is 645. The Labute approximate surface area is 126 Å². The number of halogens is 2. The lowest BCUT2D eigenvalue weighted by Gasteiger charge is -2.07. The third kappa shape index (κ3) is 2.29. The van der Waals surface area contributed by atoms with Crippen molar-refractivity contribution in [3.05, 3.63) is 39.7 Å². The summed E-state index contributed by atoms with van der Waals surface area (Å²) in [6.45, 7) is 2.82. The van der Waals surface area contributed by atoms with E-state index in [4.69, 9.17) is 0 Å². The van der Waals surface area contributed by atoms with E-state index in [9.17, 15) is 4.39 Å². The summed E-state index contributed by atoms with van der Waals surface area (Å²) in [5.41, 5.74) is 3.67. The third-order valence-corrected chi connectivity index (χ3v) is 4.62. The van der Waals surface area contributed by atoms with Gasteiger partial charge in [-0.2, -0.15) is 5.10 Å². The summed E-state index contributed by atoms with van der Waals surface area (Å²) in [5, 5.41) is 8.09. The molecule has 0 bridgehead atoms. The lowest BCUT2D eigenvalue weighted by Crippen LogP contribution is -2.14. The molecule has 3 nitrogen and oxygen atoms in total. The topological polar surface area (TPSA) is 29.9 Å². The molecule has 1 aromatic carbocycles. The molecule has 1 N–H and O–H groups in total. The van der Waals surface area contributed by atoms with Crippen molar-refractivity contribution in [3.8, 4) is 11.3 Å². The molecule has 106 valence electrons. The molecular weight excluding hydrogens is 321 g/mol. The Morgan fingerprint density at radius 3 is 2.90 bits per heavy atom. The second kappa shape index (κ2) is 5.30. The van der Waals surface area contributed by atoms with E-state index in [1.807, 2.05) is 17.8 Å². The Morgan fingerprint density at radius 1 is 1.45 bits per heavy atom. The maximum Gasteiger partial charge on any atom is 0.126 e. The Balaban J connectivity index is 2.07. The zero-order chi connectivity index (χ0) is 14.3. The van der Waals surface area contributed by atoms with Crippen molar-refractivity contribution in [3.63, 3.8) is 0 Å². The van der Waals surface area contributed by atoms with Crippen LogP contribution in [0.5, 0.6) is 0 Å². The average molecular weight is 338 g/mol. The number of hydrogen-bond acceptors (Lipinski definition) is 2. The molecule has 1 unspecified atom stereocenters. The van der Waals surface area contributed by atoms with Gasteiger partial charge in [0.2, 0.25) is 0 Å². The molecule has 0 radical (unpaired) electrons. The van der Waals surface area contributed by atoms with Crippen LogP contribution < -0.4 is 5.32 Å². The van der Waals surface area contributed by atoms with Gasteiger partial charge in [-0.05, 0) is 66.0 Å². The summed E-state index contributed by atoms with van der Waals surface area (Å²) < 4.78 is 16.3. The standard InChI is InChI=1S/C15H17BrFN3/c1-9-8-10(5-6-11(9)17)15-13(16)14(19-20(15)2)12-4-3-7-18-12/h5-6,8,12,18H,3-4,7H2,1-2H3. The Kier molecular flexibility index (Phi) is 3.65. The van der Waals surface area contributed by atoms with Gasteiger partial charge in [0.1, 0.15) is 5.82 Å². The molecule has 0 amide bonds. The van der Waals surface area contributed by atoms with E-state index in [1.165, 1.54) is 12.5 Å². The minimum atomic E-state index is -0.176. The van der Waals surface area contributed by atoms with E-state index in [1.54, 1.807) is 13.0 Å². The molecule has 2 aromatic rings. The van der Waals surface area contributed by atoms with Crippen molar-refractivity contribution in [1.29, 1.82) is 0 Å². The van der Waals surface area contributed by atoms with Gasteiger partial charge in [-0.1, -0.05) is 0 Å². The molecule has 5 heteroatoms. The molecular formula is C15H17BrFN3. The number of benzene rings is 1. The highest BCUT2D eigenvalue weighted by molar-refractivity contribution is 9.10. The van der Waals surface area contributed by atoms with Crippen LogP contribution in [0.2, 0.25) is 0 Å². The molecule has 1 fully saturated rings. The fraction of sp³-hybridized carbons (Fsp3) is 0.400. The number of nitrogens with one attached hydrogen (secondary N) is 1.